The van der Waals surface area contributed by atoms with Gasteiger partial charge in [-0.3, -0.25) is 0 Å². The van der Waals surface area contributed by atoms with Gasteiger partial charge in [0.2, 0.25) is 0 Å². The predicted molar refractivity (Wildman–Crippen MR) is 87.7 cm³/mol. The maximum atomic E-state index is 13.3. The van der Waals surface area contributed by atoms with Crippen LogP contribution in [0.15, 0.2) is 34.8 Å². The van der Waals surface area contributed by atoms with Crippen LogP contribution in [0.25, 0.3) is 0 Å². The minimum atomic E-state index is -0.424. The number of rotatable bonds is 4. The maximum absolute atomic E-state index is 13.3. The molecule has 0 aromatic heterocycles. The second-order valence-electron chi connectivity index (χ2n) is 4.74. The van der Waals surface area contributed by atoms with E-state index in [1.54, 1.807) is 19.2 Å². The molecule has 2 rings (SSSR count). The molecule has 0 amide bonds. The zero-order valence-electron chi connectivity index (χ0n) is 12.0. The first kappa shape index (κ1) is 16.3. The van der Waals surface area contributed by atoms with Crippen molar-refractivity contribution in [1.29, 1.82) is 0 Å². The van der Waals surface area contributed by atoms with E-state index in [1.807, 2.05) is 26.1 Å². The van der Waals surface area contributed by atoms with E-state index in [0.29, 0.717) is 0 Å². The third-order valence-electron chi connectivity index (χ3n) is 3.39. The highest BCUT2D eigenvalue weighted by Crippen LogP contribution is 2.35. The van der Waals surface area contributed by atoms with Crippen LogP contribution < -0.4 is 10.1 Å². The molecule has 0 saturated heterocycles. The zero-order chi connectivity index (χ0) is 15.6. The summed E-state index contributed by atoms with van der Waals surface area (Å²) in [6.07, 6.45) is 0. The Morgan fingerprint density at radius 3 is 2.57 bits per heavy atom. The van der Waals surface area contributed by atoms with Crippen molar-refractivity contribution in [3.63, 3.8) is 0 Å². The third kappa shape index (κ3) is 3.39. The van der Waals surface area contributed by atoms with Crippen molar-refractivity contribution in [2.24, 2.45) is 0 Å². The molecule has 5 heteroatoms. The summed E-state index contributed by atoms with van der Waals surface area (Å²) in [5.74, 6) is 0.350. The molecule has 0 aliphatic heterocycles. The van der Waals surface area contributed by atoms with Gasteiger partial charge in [0, 0.05) is 10.0 Å². The fraction of sp³-hybridized carbons (Fsp3) is 0.250. The molecule has 112 valence electrons. The van der Waals surface area contributed by atoms with Crippen molar-refractivity contribution in [3.05, 3.63) is 62.3 Å². The summed E-state index contributed by atoms with van der Waals surface area (Å²) >= 11 is 9.43. The number of ether oxygens (including phenoxy) is 1. The van der Waals surface area contributed by atoms with Crippen LogP contribution in [0.1, 0.15) is 22.7 Å². The molecular formula is C16H16BrClFNO. The van der Waals surface area contributed by atoms with Crippen LogP contribution in [0.5, 0.6) is 5.75 Å². The standard InChI is InChI=1S/C16H16BrClFNO/c1-9-6-15(21-3)11(8-12(9)17)16(20-2)10-4-5-14(19)13(18)7-10/h4-8,16,20H,1-3H3. The maximum Gasteiger partial charge on any atom is 0.141 e. The lowest BCUT2D eigenvalue weighted by molar-refractivity contribution is 0.405. The second kappa shape index (κ2) is 6.77. The monoisotopic (exact) mass is 371 g/mol. The number of aryl methyl sites for hydroxylation is 1. The normalized spacial score (nSPS) is 12.3. The molecule has 0 heterocycles. The molecule has 0 fully saturated rings. The van der Waals surface area contributed by atoms with Crippen LogP contribution in [0.4, 0.5) is 4.39 Å². The fourth-order valence-corrected chi connectivity index (χ4v) is 2.82. The van der Waals surface area contributed by atoms with Gasteiger partial charge in [-0.15, -0.1) is 0 Å². The Labute approximate surface area is 137 Å². The first-order valence-corrected chi connectivity index (χ1v) is 7.61. The van der Waals surface area contributed by atoms with Gasteiger partial charge in [-0.1, -0.05) is 33.6 Å². The highest BCUT2D eigenvalue weighted by atomic mass is 79.9. The Morgan fingerprint density at radius 2 is 2.00 bits per heavy atom. The van der Waals surface area contributed by atoms with Gasteiger partial charge in [-0.2, -0.15) is 0 Å². The molecule has 1 N–H and O–H groups in total. The highest BCUT2D eigenvalue weighted by molar-refractivity contribution is 9.10. The van der Waals surface area contributed by atoms with Gasteiger partial charge in [-0.05, 0) is 49.4 Å². The number of benzene rings is 2. The molecule has 2 aromatic carbocycles. The molecular weight excluding hydrogens is 357 g/mol. The fourth-order valence-electron chi connectivity index (χ4n) is 2.27. The van der Waals surface area contributed by atoms with Crippen molar-refractivity contribution in [3.8, 4) is 5.75 Å². The van der Waals surface area contributed by atoms with Gasteiger partial charge in [0.15, 0.2) is 0 Å². The Balaban J connectivity index is 2.55. The van der Waals surface area contributed by atoms with Crippen LogP contribution in [-0.2, 0) is 0 Å². The van der Waals surface area contributed by atoms with Crippen molar-refractivity contribution in [2.45, 2.75) is 13.0 Å². The SMILES string of the molecule is CNC(c1ccc(F)c(Cl)c1)c1cc(Br)c(C)cc1OC. The van der Waals surface area contributed by atoms with E-state index in [2.05, 4.69) is 21.2 Å². The summed E-state index contributed by atoms with van der Waals surface area (Å²) in [7, 11) is 3.48. The smallest absolute Gasteiger partial charge is 0.141 e. The molecule has 0 aliphatic carbocycles. The molecule has 21 heavy (non-hydrogen) atoms. The molecule has 1 atom stereocenters. The Bertz CT molecular complexity index is 663. The van der Waals surface area contributed by atoms with Crippen LogP contribution >= 0.6 is 27.5 Å². The lowest BCUT2D eigenvalue weighted by Crippen LogP contribution is -2.18. The number of hydrogen-bond acceptors (Lipinski definition) is 2. The van der Waals surface area contributed by atoms with Crippen molar-refractivity contribution < 1.29 is 9.13 Å². The largest absolute Gasteiger partial charge is 0.496 e. The number of methoxy groups -OCH3 is 1. The molecule has 0 spiro atoms. The van der Waals surface area contributed by atoms with Gasteiger partial charge >= 0.3 is 0 Å². The number of halogens is 3. The molecule has 0 saturated carbocycles. The van der Waals surface area contributed by atoms with E-state index in [0.717, 1.165) is 26.9 Å². The molecule has 0 radical (unpaired) electrons. The van der Waals surface area contributed by atoms with Crippen LogP contribution in [0, 0.1) is 12.7 Å². The topological polar surface area (TPSA) is 21.3 Å². The van der Waals surface area contributed by atoms with Crippen LogP contribution in [-0.4, -0.2) is 14.2 Å². The van der Waals surface area contributed by atoms with E-state index in [9.17, 15) is 4.39 Å². The molecule has 2 nitrogen and oxygen atoms in total. The Morgan fingerprint density at radius 1 is 1.29 bits per heavy atom. The van der Waals surface area contributed by atoms with E-state index in [4.69, 9.17) is 16.3 Å². The van der Waals surface area contributed by atoms with Gasteiger partial charge in [0.05, 0.1) is 18.2 Å². The van der Waals surface area contributed by atoms with E-state index in [-0.39, 0.29) is 11.1 Å². The van der Waals surface area contributed by atoms with Gasteiger partial charge in [0.1, 0.15) is 11.6 Å². The summed E-state index contributed by atoms with van der Waals surface area (Å²) in [5, 5.41) is 3.33. The van der Waals surface area contributed by atoms with Crippen molar-refractivity contribution in [1.82, 2.24) is 5.32 Å². The average Bonchev–Trinajstić information content (AvgIpc) is 2.46. The summed E-state index contributed by atoms with van der Waals surface area (Å²) in [4.78, 5) is 0. The number of hydrogen-bond donors (Lipinski definition) is 1. The first-order valence-electron chi connectivity index (χ1n) is 6.44. The summed E-state index contributed by atoms with van der Waals surface area (Å²) in [5.41, 5.74) is 2.92. The number of nitrogens with one attached hydrogen (secondary N) is 1. The second-order valence-corrected chi connectivity index (χ2v) is 6.00. The van der Waals surface area contributed by atoms with E-state index in [1.165, 1.54) is 6.07 Å². The zero-order valence-corrected chi connectivity index (χ0v) is 14.3. The molecule has 1 unspecified atom stereocenters. The van der Waals surface area contributed by atoms with E-state index < -0.39 is 5.82 Å². The Kier molecular flexibility index (Phi) is 5.25. The van der Waals surface area contributed by atoms with Crippen LogP contribution in [0.2, 0.25) is 5.02 Å². The lowest BCUT2D eigenvalue weighted by atomic mass is 9.97. The van der Waals surface area contributed by atoms with Crippen LogP contribution in [0.3, 0.4) is 0 Å². The van der Waals surface area contributed by atoms with E-state index >= 15 is 0 Å². The quantitative estimate of drug-likeness (QED) is 0.827. The first-order chi connectivity index (χ1) is 9.97. The van der Waals surface area contributed by atoms with Crippen molar-refractivity contribution >= 4 is 27.5 Å². The summed E-state index contributed by atoms with van der Waals surface area (Å²) < 4.78 is 19.8. The highest BCUT2D eigenvalue weighted by Gasteiger charge is 2.19. The molecule has 0 aliphatic rings. The predicted octanol–water partition coefficient (Wildman–Crippen LogP) is 4.87. The van der Waals surface area contributed by atoms with Gasteiger partial charge in [-0.25, -0.2) is 4.39 Å². The van der Waals surface area contributed by atoms with Gasteiger partial charge < -0.3 is 10.1 Å². The summed E-state index contributed by atoms with van der Waals surface area (Å²) in [6.45, 7) is 2.00. The minimum absolute atomic E-state index is 0.109. The van der Waals surface area contributed by atoms with Gasteiger partial charge in [0.25, 0.3) is 0 Å². The Hall–Kier alpha value is -1.10. The molecule has 2 aromatic rings. The minimum Gasteiger partial charge on any atom is -0.496 e. The lowest BCUT2D eigenvalue weighted by Gasteiger charge is -2.21. The summed E-state index contributed by atoms with van der Waals surface area (Å²) in [6, 6.07) is 8.55. The van der Waals surface area contributed by atoms with Crippen molar-refractivity contribution in [2.75, 3.05) is 14.2 Å². The molecule has 0 bridgehead atoms. The third-order valence-corrected chi connectivity index (χ3v) is 4.53. The average molecular weight is 373 g/mol.